The molecule has 2 aromatic carbocycles. The van der Waals surface area contributed by atoms with Crippen molar-refractivity contribution in [1.29, 1.82) is 0 Å². The van der Waals surface area contributed by atoms with Crippen molar-refractivity contribution in [2.75, 3.05) is 20.2 Å². The number of hydrogen-bond donors (Lipinski definition) is 1. The number of amides is 2. The molecule has 2 amide bonds. The number of methoxy groups -OCH3 is 1. The number of phenolic OH excluding ortho intramolecular Hbond substituents is 1. The maximum absolute atomic E-state index is 13.2. The summed E-state index contributed by atoms with van der Waals surface area (Å²) in [5, 5.41) is 10.0. The lowest BCUT2D eigenvalue weighted by Gasteiger charge is -2.32. The third kappa shape index (κ3) is 2.61. The highest BCUT2D eigenvalue weighted by atomic mass is 16.5. The molecule has 0 radical (unpaired) electrons. The van der Waals surface area contributed by atoms with Crippen LogP contribution in [0.25, 0.3) is 0 Å². The Balaban J connectivity index is 1.43. The highest BCUT2D eigenvalue weighted by Crippen LogP contribution is 2.50. The number of carbonyl (C=O) groups is 2. The van der Waals surface area contributed by atoms with Crippen LogP contribution in [0.1, 0.15) is 34.9 Å². The molecular weight excluding hydrogens is 372 g/mol. The van der Waals surface area contributed by atoms with Gasteiger partial charge in [-0.1, -0.05) is 30.3 Å². The Morgan fingerprint density at radius 1 is 1.24 bits per heavy atom. The Morgan fingerprint density at radius 3 is 2.76 bits per heavy atom. The minimum absolute atomic E-state index is 0.0171. The first-order valence-electron chi connectivity index (χ1n) is 9.75. The molecule has 5 rings (SSSR count). The van der Waals surface area contributed by atoms with E-state index in [1.807, 2.05) is 35.2 Å². The van der Waals surface area contributed by atoms with Crippen molar-refractivity contribution in [2.45, 2.75) is 30.7 Å². The molecule has 7 nitrogen and oxygen atoms in total. The lowest BCUT2D eigenvalue weighted by molar-refractivity contribution is -0.138. The van der Waals surface area contributed by atoms with Crippen LogP contribution in [-0.4, -0.2) is 58.7 Å². The Labute approximate surface area is 168 Å². The third-order valence-corrected chi connectivity index (χ3v) is 6.29. The monoisotopic (exact) mass is 394 g/mol. The zero-order valence-corrected chi connectivity index (χ0v) is 16.1. The zero-order valence-electron chi connectivity index (χ0n) is 16.1. The summed E-state index contributed by atoms with van der Waals surface area (Å²) in [6.45, 7) is 1.01. The number of hydrogen-bond acceptors (Lipinski definition) is 5. The number of likely N-dealkylation sites (tertiary alicyclic amines) is 1. The van der Waals surface area contributed by atoms with E-state index in [0.717, 1.165) is 5.56 Å². The lowest BCUT2D eigenvalue weighted by atomic mass is 10.1. The molecule has 0 aromatic heterocycles. The molecular formula is C22H22N2O5. The van der Waals surface area contributed by atoms with Crippen LogP contribution in [-0.2, 0) is 9.53 Å². The number of carbonyl (C=O) groups excluding carboxylic acids is 2. The van der Waals surface area contributed by atoms with Crippen LogP contribution >= 0.6 is 0 Å². The van der Waals surface area contributed by atoms with Crippen molar-refractivity contribution in [2.24, 2.45) is 0 Å². The fraction of sp³-hybridized carbons (Fsp3) is 0.364. The zero-order chi connectivity index (χ0) is 20.2. The van der Waals surface area contributed by atoms with Gasteiger partial charge >= 0.3 is 0 Å². The molecule has 3 aliphatic heterocycles. The summed E-state index contributed by atoms with van der Waals surface area (Å²) in [7, 11) is 1.46. The number of nitrogens with zero attached hydrogens (tertiary/aromatic N) is 2. The molecule has 3 heterocycles. The molecule has 7 heteroatoms. The van der Waals surface area contributed by atoms with Crippen LogP contribution in [0.5, 0.6) is 11.5 Å². The van der Waals surface area contributed by atoms with Crippen molar-refractivity contribution < 1.29 is 24.2 Å². The predicted molar refractivity (Wildman–Crippen MR) is 103 cm³/mol. The second-order valence-corrected chi connectivity index (χ2v) is 7.72. The van der Waals surface area contributed by atoms with Gasteiger partial charge in [0.25, 0.3) is 5.91 Å². The van der Waals surface area contributed by atoms with Gasteiger partial charge in [-0.15, -0.1) is 0 Å². The molecule has 29 heavy (non-hydrogen) atoms. The number of benzene rings is 2. The van der Waals surface area contributed by atoms with Gasteiger partial charge in [-0.25, -0.2) is 0 Å². The first-order chi connectivity index (χ1) is 14.0. The Bertz CT molecular complexity index is 978. The average Bonchev–Trinajstić information content (AvgIpc) is 3.36. The molecule has 0 aliphatic carbocycles. The van der Waals surface area contributed by atoms with Gasteiger partial charge in [0.2, 0.25) is 5.91 Å². The minimum atomic E-state index is -0.762. The molecule has 1 N–H and O–H groups in total. The van der Waals surface area contributed by atoms with Gasteiger partial charge in [0, 0.05) is 18.5 Å². The number of phenols is 1. The maximum Gasteiger partial charge on any atom is 0.254 e. The average molecular weight is 394 g/mol. The summed E-state index contributed by atoms with van der Waals surface area (Å²) in [6, 6.07) is 14.1. The van der Waals surface area contributed by atoms with Crippen molar-refractivity contribution in [3.05, 3.63) is 59.7 Å². The van der Waals surface area contributed by atoms with Crippen LogP contribution in [0.3, 0.4) is 0 Å². The highest BCUT2D eigenvalue weighted by Gasteiger charge is 2.65. The molecule has 0 bridgehead atoms. The van der Waals surface area contributed by atoms with E-state index in [1.54, 1.807) is 17.0 Å². The highest BCUT2D eigenvalue weighted by molar-refractivity contribution is 5.96. The first kappa shape index (κ1) is 18.0. The van der Waals surface area contributed by atoms with E-state index in [2.05, 4.69) is 0 Å². The Kier molecular flexibility index (Phi) is 4.03. The SMILES string of the molecule is COc1ccc(C(=O)N2CC[C@@]34O[C@@H](c5ccccc5)CN3C(=O)C[C@@H]24)cc1O. The van der Waals surface area contributed by atoms with Gasteiger partial charge in [-0.3, -0.25) is 9.59 Å². The Morgan fingerprint density at radius 2 is 2.03 bits per heavy atom. The molecule has 0 saturated carbocycles. The molecule has 1 spiro atoms. The molecule has 2 aromatic rings. The summed E-state index contributed by atoms with van der Waals surface area (Å²) >= 11 is 0. The van der Waals surface area contributed by atoms with Crippen LogP contribution < -0.4 is 4.74 Å². The summed E-state index contributed by atoms with van der Waals surface area (Å²) in [6.07, 6.45) is 0.652. The molecule has 0 unspecified atom stereocenters. The molecule has 150 valence electrons. The van der Waals surface area contributed by atoms with Gasteiger partial charge in [-0.05, 0) is 23.8 Å². The smallest absolute Gasteiger partial charge is 0.254 e. The van der Waals surface area contributed by atoms with Crippen molar-refractivity contribution in [3.63, 3.8) is 0 Å². The van der Waals surface area contributed by atoms with Crippen molar-refractivity contribution in [1.82, 2.24) is 9.80 Å². The third-order valence-electron chi connectivity index (χ3n) is 6.29. The van der Waals surface area contributed by atoms with Crippen LogP contribution in [0.2, 0.25) is 0 Å². The fourth-order valence-corrected chi connectivity index (χ4v) is 4.90. The van der Waals surface area contributed by atoms with Gasteiger partial charge in [0.1, 0.15) is 6.10 Å². The summed E-state index contributed by atoms with van der Waals surface area (Å²) in [5.41, 5.74) is 0.637. The predicted octanol–water partition coefficient (Wildman–Crippen LogP) is 2.32. The number of rotatable bonds is 3. The topological polar surface area (TPSA) is 79.3 Å². The Hall–Kier alpha value is -3.06. The maximum atomic E-state index is 13.2. The van der Waals surface area contributed by atoms with E-state index in [4.69, 9.17) is 9.47 Å². The largest absolute Gasteiger partial charge is 0.504 e. The normalized spacial score (nSPS) is 27.8. The number of aromatic hydroxyl groups is 1. The minimum Gasteiger partial charge on any atom is -0.504 e. The van der Waals surface area contributed by atoms with E-state index < -0.39 is 5.72 Å². The number of ether oxygens (including phenoxy) is 2. The molecule has 3 aliphatic rings. The van der Waals surface area contributed by atoms with E-state index >= 15 is 0 Å². The van der Waals surface area contributed by atoms with E-state index in [-0.39, 0.29) is 36.1 Å². The van der Waals surface area contributed by atoms with Gasteiger partial charge in [0.15, 0.2) is 17.2 Å². The van der Waals surface area contributed by atoms with Crippen molar-refractivity contribution in [3.8, 4) is 11.5 Å². The first-order valence-corrected chi connectivity index (χ1v) is 9.75. The van der Waals surface area contributed by atoms with Gasteiger partial charge in [-0.2, -0.15) is 0 Å². The van der Waals surface area contributed by atoms with E-state index in [1.165, 1.54) is 13.2 Å². The van der Waals surface area contributed by atoms with Crippen molar-refractivity contribution >= 4 is 11.8 Å². The molecule has 3 atom stereocenters. The second kappa shape index (κ2) is 6.49. The van der Waals surface area contributed by atoms with E-state index in [9.17, 15) is 14.7 Å². The van der Waals surface area contributed by atoms with E-state index in [0.29, 0.717) is 30.8 Å². The van der Waals surface area contributed by atoms with Gasteiger partial charge < -0.3 is 24.4 Å². The molecule has 3 saturated heterocycles. The summed E-state index contributed by atoms with van der Waals surface area (Å²) in [4.78, 5) is 29.4. The van der Waals surface area contributed by atoms with Crippen LogP contribution in [0.4, 0.5) is 0 Å². The van der Waals surface area contributed by atoms with Gasteiger partial charge in [0.05, 0.1) is 26.1 Å². The summed E-state index contributed by atoms with van der Waals surface area (Å²) in [5.74, 6) is 0.0267. The van der Waals surface area contributed by atoms with Crippen LogP contribution in [0.15, 0.2) is 48.5 Å². The fourth-order valence-electron chi connectivity index (χ4n) is 4.90. The summed E-state index contributed by atoms with van der Waals surface area (Å²) < 4.78 is 11.5. The van der Waals surface area contributed by atoms with Crippen LogP contribution in [0, 0.1) is 0 Å². The second-order valence-electron chi connectivity index (χ2n) is 7.72. The standard InChI is InChI=1S/C22H22N2O5/c1-28-17-8-7-15(11-16(17)25)21(27)23-10-9-22-19(23)12-20(26)24(22)13-18(29-22)14-5-3-2-4-6-14/h2-8,11,18-19,25H,9-10,12-13H2,1H3/t18-,19-,22+/m1/s1. The lowest BCUT2D eigenvalue weighted by Crippen LogP contribution is -2.48. The molecule has 3 fully saturated rings. The quantitative estimate of drug-likeness (QED) is 0.864.